The summed E-state index contributed by atoms with van der Waals surface area (Å²) in [5, 5.41) is 8.95. The van der Waals surface area contributed by atoms with Crippen LogP contribution in [-0.4, -0.2) is 18.2 Å². The number of carbonyl (C=O) groups is 1. The monoisotopic (exact) mass is 284 g/mol. The van der Waals surface area contributed by atoms with Crippen LogP contribution in [0.5, 0.6) is 5.75 Å². The van der Waals surface area contributed by atoms with Crippen molar-refractivity contribution in [2.24, 2.45) is 0 Å². The Labute approximate surface area is 103 Å². The van der Waals surface area contributed by atoms with Crippen LogP contribution in [0.4, 0.5) is 0 Å². The van der Waals surface area contributed by atoms with E-state index in [1.165, 1.54) is 0 Å². The lowest BCUT2D eigenvalue weighted by atomic mass is 10.1. The first kappa shape index (κ1) is 12.8. The average molecular weight is 285 g/mol. The van der Waals surface area contributed by atoms with Crippen LogP contribution in [0.3, 0.4) is 0 Å². The van der Waals surface area contributed by atoms with E-state index in [2.05, 4.69) is 15.9 Å². The van der Waals surface area contributed by atoms with Crippen LogP contribution in [0, 0.1) is 0 Å². The molecule has 1 aromatic rings. The number of carboxylic acid groups (broad SMARTS) is 1. The molecule has 0 amide bonds. The zero-order valence-corrected chi connectivity index (χ0v) is 10.7. The molecule has 0 unspecified atom stereocenters. The highest BCUT2D eigenvalue weighted by molar-refractivity contribution is 9.10. The molecule has 0 saturated carbocycles. The fourth-order valence-corrected chi connectivity index (χ4v) is 1.70. The van der Waals surface area contributed by atoms with E-state index in [0.717, 1.165) is 10.0 Å². The van der Waals surface area contributed by atoms with Gasteiger partial charge in [0.2, 0.25) is 0 Å². The summed E-state index contributed by atoms with van der Waals surface area (Å²) in [5.74, 6) is -0.236. The average Bonchev–Trinajstić information content (AvgIpc) is 2.25. The van der Waals surface area contributed by atoms with Crippen LogP contribution in [0.15, 0.2) is 28.2 Å². The first-order valence-corrected chi connectivity index (χ1v) is 5.65. The Balaban J connectivity index is 3.20. The van der Waals surface area contributed by atoms with E-state index >= 15 is 0 Å². The summed E-state index contributed by atoms with van der Waals surface area (Å²) in [5.41, 5.74) is 1.12. The zero-order chi connectivity index (χ0) is 12.1. The van der Waals surface area contributed by atoms with Gasteiger partial charge in [0.25, 0.3) is 0 Å². The van der Waals surface area contributed by atoms with Crippen LogP contribution in [0.25, 0.3) is 6.08 Å². The Morgan fingerprint density at radius 3 is 2.75 bits per heavy atom. The van der Waals surface area contributed by atoms with Gasteiger partial charge in [0.1, 0.15) is 5.75 Å². The topological polar surface area (TPSA) is 46.5 Å². The van der Waals surface area contributed by atoms with E-state index in [1.807, 2.05) is 19.1 Å². The standard InChI is InChI=1S/C12H13BrO3/c1-3-8(12(14)15)6-9-7-10(13)4-5-11(9)16-2/h4-7H,3H2,1-2H3,(H,14,15). The number of ether oxygens (including phenoxy) is 1. The molecule has 4 heteroatoms. The molecule has 1 rings (SSSR count). The summed E-state index contributed by atoms with van der Waals surface area (Å²) in [6.45, 7) is 1.81. The van der Waals surface area contributed by atoms with Crippen LogP contribution in [0.2, 0.25) is 0 Å². The third-order valence-corrected chi connectivity index (χ3v) is 2.67. The van der Waals surface area contributed by atoms with Gasteiger partial charge < -0.3 is 9.84 Å². The molecule has 3 nitrogen and oxygen atoms in total. The van der Waals surface area contributed by atoms with Crippen molar-refractivity contribution in [1.29, 1.82) is 0 Å². The fraction of sp³-hybridized carbons (Fsp3) is 0.250. The highest BCUT2D eigenvalue weighted by Gasteiger charge is 2.07. The van der Waals surface area contributed by atoms with Crippen LogP contribution >= 0.6 is 15.9 Å². The van der Waals surface area contributed by atoms with Gasteiger partial charge in [0, 0.05) is 15.6 Å². The minimum atomic E-state index is -0.899. The number of hydrogen-bond donors (Lipinski definition) is 1. The SMILES string of the molecule is CCC(=Cc1cc(Br)ccc1OC)C(=O)O. The summed E-state index contributed by atoms with van der Waals surface area (Å²) in [7, 11) is 1.56. The van der Waals surface area contributed by atoms with Crippen molar-refractivity contribution in [2.75, 3.05) is 7.11 Å². The van der Waals surface area contributed by atoms with E-state index in [-0.39, 0.29) is 0 Å². The number of halogens is 1. The second-order valence-corrected chi connectivity index (χ2v) is 4.13. The molecular weight excluding hydrogens is 272 g/mol. The second kappa shape index (κ2) is 5.70. The molecule has 0 aliphatic heterocycles. The number of rotatable bonds is 4. The number of aliphatic carboxylic acids is 1. The van der Waals surface area contributed by atoms with Gasteiger partial charge in [-0.3, -0.25) is 0 Å². The summed E-state index contributed by atoms with van der Waals surface area (Å²) >= 11 is 3.34. The molecule has 0 aliphatic carbocycles. The van der Waals surface area contributed by atoms with Crippen LogP contribution < -0.4 is 4.74 Å². The normalized spacial score (nSPS) is 11.3. The minimum absolute atomic E-state index is 0.358. The van der Waals surface area contributed by atoms with Gasteiger partial charge in [-0.15, -0.1) is 0 Å². The molecule has 0 heterocycles. The summed E-state index contributed by atoms with van der Waals surface area (Å²) in [6, 6.07) is 5.48. The van der Waals surface area contributed by atoms with E-state index in [4.69, 9.17) is 9.84 Å². The van der Waals surface area contributed by atoms with Gasteiger partial charge in [-0.25, -0.2) is 4.79 Å². The van der Waals surface area contributed by atoms with E-state index in [0.29, 0.717) is 17.7 Å². The lowest BCUT2D eigenvalue weighted by Crippen LogP contribution is -1.99. The Bertz CT molecular complexity index is 424. The van der Waals surface area contributed by atoms with Gasteiger partial charge >= 0.3 is 5.97 Å². The van der Waals surface area contributed by atoms with E-state index in [9.17, 15) is 4.79 Å². The maximum absolute atomic E-state index is 10.9. The number of methoxy groups -OCH3 is 1. The third kappa shape index (κ3) is 3.10. The molecule has 0 atom stereocenters. The van der Waals surface area contributed by atoms with Gasteiger partial charge in [-0.05, 0) is 30.7 Å². The molecule has 0 saturated heterocycles. The summed E-state index contributed by atoms with van der Waals surface area (Å²) in [6.07, 6.45) is 2.11. The summed E-state index contributed by atoms with van der Waals surface area (Å²) < 4.78 is 6.06. The Morgan fingerprint density at radius 2 is 2.25 bits per heavy atom. The molecule has 1 aromatic carbocycles. The minimum Gasteiger partial charge on any atom is -0.496 e. The molecule has 1 N–H and O–H groups in total. The van der Waals surface area contributed by atoms with Crippen molar-refractivity contribution in [3.05, 3.63) is 33.8 Å². The van der Waals surface area contributed by atoms with Gasteiger partial charge in [0.15, 0.2) is 0 Å². The second-order valence-electron chi connectivity index (χ2n) is 3.21. The molecule has 0 bridgehead atoms. The zero-order valence-electron chi connectivity index (χ0n) is 9.16. The van der Waals surface area contributed by atoms with Crippen molar-refractivity contribution >= 4 is 28.0 Å². The Kier molecular flexibility index (Phi) is 4.55. The largest absolute Gasteiger partial charge is 0.496 e. The smallest absolute Gasteiger partial charge is 0.331 e. The maximum atomic E-state index is 10.9. The number of carboxylic acids is 1. The van der Waals surface area contributed by atoms with Crippen molar-refractivity contribution in [2.45, 2.75) is 13.3 Å². The quantitative estimate of drug-likeness (QED) is 0.863. The molecule has 0 spiro atoms. The highest BCUT2D eigenvalue weighted by Crippen LogP contribution is 2.25. The van der Waals surface area contributed by atoms with E-state index < -0.39 is 5.97 Å². The van der Waals surface area contributed by atoms with Gasteiger partial charge in [0.05, 0.1) is 7.11 Å². The molecule has 16 heavy (non-hydrogen) atoms. The molecule has 0 aromatic heterocycles. The lowest BCUT2D eigenvalue weighted by Gasteiger charge is -2.06. The maximum Gasteiger partial charge on any atom is 0.331 e. The van der Waals surface area contributed by atoms with E-state index in [1.54, 1.807) is 19.3 Å². The van der Waals surface area contributed by atoms with Crippen LogP contribution in [0.1, 0.15) is 18.9 Å². The molecule has 0 aliphatic rings. The number of hydrogen-bond acceptors (Lipinski definition) is 2. The Morgan fingerprint density at radius 1 is 1.56 bits per heavy atom. The predicted molar refractivity (Wildman–Crippen MR) is 66.6 cm³/mol. The summed E-state index contributed by atoms with van der Waals surface area (Å²) in [4.78, 5) is 10.9. The van der Waals surface area contributed by atoms with Crippen molar-refractivity contribution in [1.82, 2.24) is 0 Å². The van der Waals surface area contributed by atoms with Crippen molar-refractivity contribution < 1.29 is 14.6 Å². The third-order valence-electron chi connectivity index (χ3n) is 2.18. The van der Waals surface area contributed by atoms with Gasteiger partial charge in [-0.1, -0.05) is 22.9 Å². The molecular formula is C12H13BrO3. The Hall–Kier alpha value is -1.29. The first-order valence-electron chi connectivity index (χ1n) is 4.86. The molecule has 0 radical (unpaired) electrons. The predicted octanol–water partition coefficient (Wildman–Crippen LogP) is 3.34. The fourth-order valence-electron chi connectivity index (χ4n) is 1.32. The highest BCUT2D eigenvalue weighted by atomic mass is 79.9. The lowest BCUT2D eigenvalue weighted by molar-refractivity contribution is -0.132. The first-order chi connectivity index (χ1) is 7.58. The molecule has 86 valence electrons. The molecule has 0 fully saturated rings. The van der Waals surface area contributed by atoms with Crippen molar-refractivity contribution in [3.63, 3.8) is 0 Å². The van der Waals surface area contributed by atoms with Gasteiger partial charge in [-0.2, -0.15) is 0 Å². The van der Waals surface area contributed by atoms with Crippen molar-refractivity contribution in [3.8, 4) is 5.75 Å². The van der Waals surface area contributed by atoms with Crippen LogP contribution in [-0.2, 0) is 4.79 Å². The number of benzene rings is 1.